The van der Waals surface area contributed by atoms with Gasteiger partial charge in [-0.2, -0.15) is 0 Å². The van der Waals surface area contributed by atoms with Crippen LogP contribution in [0.3, 0.4) is 0 Å². The molecule has 3 nitrogen and oxygen atoms in total. The lowest BCUT2D eigenvalue weighted by molar-refractivity contribution is 0.102. The topological polar surface area (TPSA) is 43.4 Å². The Morgan fingerprint density at radius 3 is 2.73 bits per heavy atom. The third-order valence-corrected chi connectivity index (χ3v) is 3.14. The van der Waals surface area contributed by atoms with Gasteiger partial charge >= 0.3 is 0 Å². The molecule has 0 fully saturated rings. The maximum absolute atomic E-state index is 11.6. The summed E-state index contributed by atoms with van der Waals surface area (Å²) in [6, 6.07) is 3.22. The normalized spacial score (nSPS) is 9.80. The molecule has 0 aliphatic carbocycles. The lowest BCUT2D eigenvalue weighted by Crippen LogP contribution is -2.05. The Hall–Kier alpha value is -0.430. The number of ketones is 1. The van der Waals surface area contributed by atoms with E-state index in [1.165, 1.54) is 13.2 Å². The minimum atomic E-state index is -0.103. The Morgan fingerprint density at radius 2 is 2.27 bits per heavy atom. The second kappa shape index (κ2) is 5.60. The number of benzene rings is 1. The molecule has 0 radical (unpaired) electrons. The summed E-state index contributed by atoms with van der Waals surface area (Å²) >= 11 is 5.12. The van der Waals surface area contributed by atoms with E-state index < -0.39 is 0 Å². The van der Waals surface area contributed by atoms with Gasteiger partial charge in [0.1, 0.15) is 12.0 Å². The predicted molar refractivity (Wildman–Crippen MR) is 69.2 cm³/mol. The smallest absolute Gasteiger partial charge is 0.177 e. The quantitative estimate of drug-likeness (QED) is 0.348. The summed E-state index contributed by atoms with van der Waals surface area (Å²) in [6.45, 7) is 0. The van der Waals surface area contributed by atoms with E-state index in [-0.39, 0.29) is 11.1 Å². The highest BCUT2D eigenvalue weighted by Crippen LogP contribution is 2.27. The van der Waals surface area contributed by atoms with Crippen molar-refractivity contribution in [3.8, 4) is 5.75 Å². The fourth-order valence-corrected chi connectivity index (χ4v) is 2.34. The minimum Gasteiger partial charge on any atom is -0.495 e. The number of methoxy groups -OCH3 is 1. The van der Waals surface area contributed by atoms with Crippen molar-refractivity contribution in [2.75, 3.05) is 12.4 Å². The van der Waals surface area contributed by atoms with Crippen LogP contribution < -0.4 is 4.74 Å². The fourth-order valence-electron chi connectivity index (χ4n) is 1.17. The fraction of sp³-hybridized carbons (Fsp3) is 0.200. The van der Waals surface area contributed by atoms with Crippen LogP contribution in [0.15, 0.2) is 12.1 Å². The Bertz CT molecular complexity index is 404. The van der Waals surface area contributed by atoms with E-state index in [1.54, 1.807) is 6.07 Å². The molecule has 0 saturated heterocycles. The zero-order valence-corrected chi connectivity index (χ0v) is 11.7. The molecule has 80 valence electrons. The van der Waals surface area contributed by atoms with Gasteiger partial charge < -0.3 is 4.74 Å². The van der Waals surface area contributed by atoms with Gasteiger partial charge in [-0.3, -0.25) is 9.59 Å². The molecule has 1 aromatic carbocycles. The summed E-state index contributed by atoms with van der Waals surface area (Å²) in [7, 11) is 1.50. The van der Waals surface area contributed by atoms with Crippen LogP contribution in [0.5, 0.6) is 5.75 Å². The molecule has 0 unspecified atom stereocenters. The average Bonchev–Trinajstić information content (AvgIpc) is 2.26. The second-order valence-electron chi connectivity index (χ2n) is 2.76. The third kappa shape index (κ3) is 2.78. The van der Waals surface area contributed by atoms with E-state index in [9.17, 15) is 9.59 Å². The molecule has 0 bridgehead atoms. The molecule has 0 atom stereocenters. The van der Waals surface area contributed by atoms with Gasteiger partial charge in [-0.1, -0.05) is 15.9 Å². The van der Waals surface area contributed by atoms with Crippen molar-refractivity contribution in [1.29, 1.82) is 0 Å². The summed E-state index contributed by atoms with van der Waals surface area (Å²) in [5, 5.41) is 0.210. The number of rotatable bonds is 4. The molecule has 0 saturated carbocycles. The third-order valence-electron chi connectivity index (χ3n) is 1.83. The van der Waals surface area contributed by atoms with Gasteiger partial charge in [0.05, 0.1) is 21.6 Å². The van der Waals surface area contributed by atoms with Gasteiger partial charge in [0.15, 0.2) is 5.78 Å². The van der Waals surface area contributed by atoms with Gasteiger partial charge in [0.25, 0.3) is 0 Å². The molecule has 1 rings (SSSR count). The number of carbonyl (C=O) groups excluding carboxylic acids is 2. The van der Waals surface area contributed by atoms with Crippen LogP contribution in [0.25, 0.3) is 0 Å². The van der Waals surface area contributed by atoms with Crippen molar-refractivity contribution in [3.05, 3.63) is 26.8 Å². The number of Topliss-reactive ketones (excluding diaryl/α,β-unsaturated/α-hetero) is 1. The van der Waals surface area contributed by atoms with Gasteiger partial charge in [-0.15, -0.1) is 0 Å². The standard InChI is InChI=1S/C10H8BrIO3/c1-15-10-7(9(14)4-11)2-6(5-13)3-8(10)12/h2-3,5H,4H2,1H3. The molecule has 15 heavy (non-hydrogen) atoms. The molecule has 0 N–H and O–H groups in total. The van der Waals surface area contributed by atoms with Gasteiger partial charge in [-0.25, -0.2) is 0 Å². The van der Waals surface area contributed by atoms with E-state index in [0.29, 0.717) is 23.2 Å². The molecular formula is C10H8BrIO3. The van der Waals surface area contributed by atoms with Crippen molar-refractivity contribution in [3.63, 3.8) is 0 Å². The summed E-state index contributed by atoms with van der Waals surface area (Å²) in [6.07, 6.45) is 0.715. The summed E-state index contributed by atoms with van der Waals surface area (Å²) in [5.74, 6) is 0.416. The van der Waals surface area contributed by atoms with Gasteiger partial charge in [-0.05, 0) is 34.7 Å². The molecule has 0 amide bonds. The highest BCUT2D eigenvalue weighted by Gasteiger charge is 2.15. The summed E-state index contributed by atoms with van der Waals surface area (Å²) in [4.78, 5) is 22.2. The number of alkyl halides is 1. The first-order valence-corrected chi connectivity index (χ1v) is 6.26. The zero-order valence-electron chi connectivity index (χ0n) is 7.92. The minimum absolute atomic E-state index is 0.103. The molecule has 5 heteroatoms. The summed E-state index contributed by atoms with van der Waals surface area (Å²) < 4.78 is 5.89. The van der Waals surface area contributed by atoms with E-state index in [2.05, 4.69) is 15.9 Å². The van der Waals surface area contributed by atoms with Crippen molar-refractivity contribution >= 4 is 50.6 Å². The van der Waals surface area contributed by atoms with Crippen LogP contribution in [-0.4, -0.2) is 24.5 Å². The van der Waals surface area contributed by atoms with Crippen LogP contribution in [0, 0.1) is 3.57 Å². The molecular weight excluding hydrogens is 375 g/mol. The van der Waals surface area contributed by atoms with Crippen LogP contribution in [0.1, 0.15) is 20.7 Å². The van der Waals surface area contributed by atoms with Crippen LogP contribution in [0.2, 0.25) is 0 Å². The number of ether oxygens (including phenoxy) is 1. The first-order valence-electron chi connectivity index (χ1n) is 4.06. The maximum Gasteiger partial charge on any atom is 0.177 e. The predicted octanol–water partition coefficient (Wildman–Crippen LogP) is 2.69. The van der Waals surface area contributed by atoms with Crippen molar-refractivity contribution in [2.24, 2.45) is 0 Å². The van der Waals surface area contributed by atoms with Gasteiger partial charge in [0, 0.05) is 5.56 Å². The molecule has 0 spiro atoms. The monoisotopic (exact) mass is 382 g/mol. The van der Waals surface area contributed by atoms with Crippen molar-refractivity contribution < 1.29 is 14.3 Å². The van der Waals surface area contributed by atoms with E-state index in [4.69, 9.17) is 4.74 Å². The van der Waals surface area contributed by atoms with Crippen molar-refractivity contribution in [1.82, 2.24) is 0 Å². The largest absolute Gasteiger partial charge is 0.495 e. The Balaban J connectivity index is 3.38. The number of hydrogen-bond donors (Lipinski definition) is 0. The number of halogens is 2. The maximum atomic E-state index is 11.6. The summed E-state index contributed by atoms with van der Waals surface area (Å²) in [5.41, 5.74) is 0.910. The molecule has 1 aromatic rings. The van der Waals surface area contributed by atoms with E-state index in [0.717, 1.165) is 3.57 Å². The highest BCUT2D eigenvalue weighted by atomic mass is 127. The second-order valence-corrected chi connectivity index (χ2v) is 4.48. The molecule has 0 heterocycles. The van der Waals surface area contributed by atoms with E-state index in [1.807, 2.05) is 22.6 Å². The Labute approximate surface area is 109 Å². The van der Waals surface area contributed by atoms with Crippen molar-refractivity contribution in [2.45, 2.75) is 0 Å². The molecule has 0 aromatic heterocycles. The Morgan fingerprint density at radius 1 is 1.60 bits per heavy atom. The highest BCUT2D eigenvalue weighted by molar-refractivity contribution is 14.1. The van der Waals surface area contributed by atoms with Crippen LogP contribution in [0.4, 0.5) is 0 Å². The average molecular weight is 383 g/mol. The van der Waals surface area contributed by atoms with E-state index >= 15 is 0 Å². The number of carbonyl (C=O) groups is 2. The molecule has 0 aliphatic heterocycles. The lowest BCUT2D eigenvalue weighted by atomic mass is 10.1. The van der Waals surface area contributed by atoms with Crippen LogP contribution in [-0.2, 0) is 0 Å². The Kier molecular flexibility index (Phi) is 4.72. The van der Waals surface area contributed by atoms with Crippen LogP contribution >= 0.6 is 38.5 Å². The molecule has 0 aliphatic rings. The zero-order chi connectivity index (χ0) is 11.4. The van der Waals surface area contributed by atoms with Gasteiger partial charge in [0.2, 0.25) is 0 Å². The first kappa shape index (κ1) is 12.6. The lowest BCUT2D eigenvalue weighted by Gasteiger charge is -2.09. The number of hydrogen-bond acceptors (Lipinski definition) is 3. The number of aldehydes is 1. The SMILES string of the molecule is COc1c(I)cc(C=O)cc1C(=O)CBr. The first-order chi connectivity index (χ1) is 7.13.